The third-order valence-electron chi connectivity index (χ3n) is 4.56. The molecule has 6 heteroatoms. The summed E-state index contributed by atoms with van der Waals surface area (Å²) in [5.74, 6) is -0.324. The van der Waals surface area contributed by atoms with Gasteiger partial charge >= 0.3 is 0 Å². The number of Topliss-reactive ketones (excluding diaryl/α,β-unsaturated/α-hetero) is 1. The number of carbonyl (C=O) groups is 2. The number of anilines is 1. The molecule has 0 saturated carbocycles. The van der Waals surface area contributed by atoms with Crippen LogP contribution in [0.1, 0.15) is 42.3 Å². The molecule has 0 fully saturated rings. The average Bonchev–Trinajstić information content (AvgIpc) is 2.67. The molecule has 0 bridgehead atoms. The van der Waals surface area contributed by atoms with Crippen molar-refractivity contribution in [2.75, 3.05) is 12.5 Å². The van der Waals surface area contributed by atoms with E-state index in [0.29, 0.717) is 17.0 Å². The zero-order valence-electron chi connectivity index (χ0n) is 16.5. The second-order valence-electron chi connectivity index (χ2n) is 7.39. The van der Waals surface area contributed by atoms with Crippen molar-refractivity contribution in [1.82, 2.24) is 5.32 Å². The number of nitrogens with one attached hydrogen (secondary N) is 2. The summed E-state index contributed by atoms with van der Waals surface area (Å²) in [6.45, 7) is 5.60. The fraction of sp³-hybridized carbons (Fsp3) is 0.273. The minimum absolute atomic E-state index is 0.00324. The molecule has 0 aliphatic carbocycles. The van der Waals surface area contributed by atoms with Crippen LogP contribution in [0.3, 0.4) is 0 Å². The summed E-state index contributed by atoms with van der Waals surface area (Å²) >= 11 is 0. The van der Waals surface area contributed by atoms with Crippen molar-refractivity contribution in [1.29, 1.82) is 0 Å². The standard InChI is InChI=1S/C22H24N4O2/c1-14(27)15-9-11-17(12-10-15)25-26-20(21(28)23-4)19-18-8-6-5-7-16(18)13-22(2,3)24-19/h5-12,25H,13H2,1-4H3,(H,23,28)/b26-20+. The van der Waals surface area contributed by atoms with Crippen LogP contribution in [0.4, 0.5) is 5.69 Å². The molecular weight excluding hydrogens is 352 g/mol. The fourth-order valence-electron chi connectivity index (χ4n) is 3.18. The van der Waals surface area contributed by atoms with Crippen molar-refractivity contribution in [3.8, 4) is 0 Å². The van der Waals surface area contributed by atoms with Gasteiger partial charge in [0.2, 0.25) is 0 Å². The fourth-order valence-corrected chi connectivity index (χ4v) is 3.18. The number of ketones is 1. The normalized spacial score (nSPS) is 15.3. The second-order valence-corrected chi connectivity index (χ2v) is 7.39. The molecule has 0 unspecified atom stereocenters. The highest BCUT2D eigenvalue weighted by atomic mass is 16.2. The first-order chi connectivity index (χ1) is 13.3. The molecule has 1 aliphatic rings. The van der Waals surface area contributed by atoms with E-state index in [0.717, 1.165) is 17.5 Å². The van der Waals surface area contributed by atoms with Crippen molar-refractivity contribution < 1.29 is 9.59 Å². The number of rotatable bonds is 5. The summed E-state index contributed by atoms with van der Waals surface area (Å²) in [6, 6.07) is 14.9. The lowest BCUT2D eigenvalue weighted by molar-refractivity contribution is -0.114. The Balaban J connectivity index is 2.00. The van der Waals surface area contributed by atoms with Gasteiger partial charge in [0.15, 0.2) is 11.5 Å². The first-order valence-electron chi connectivity index (χ1n) is 9.16. The van der Waals surface area contributed by atoms with E-state index >= 15 is 0 Å². The summed E-state index contributed by atoms with van der Waals surface area (Å²) < 4.78 is 0. The maximum Gasteiger partial charge on any atom is 0.273 e. The molecule has 2 aromatic carbocycles. The Labute approximate surface area is 164 Å². The summed E-state index contributed by atoms with van der Waals surface area (Å²) in [5, 5.41) is 7.01. The SMILES string of the molecule is CNC(=O)/C(=N/Nc1ccc(C(C)=O)cc1)C1=NC(C)(C)Cc2ccccc21. The molecule has 1 heterocycles. The number of fused-ring (bicyclic) bond motifs is 1. The Bertz CT molecular complexity index is 972. The van der Waals surface area contributed by atoms with Crippen molar-refractivity contribution in [2.24, 2.45) is 10.1 Å². The Kier molecular flexibility index (Phi) is 5.40. The highest BCUT2D eigenvalue weighted by molar-refractivity contribution is 6.70. The highest BCUT2D eigenvalue weighted by Crippen LogP contribution is 2.27. The Hall–Kier alpha value is -3.28. The van der Waals surface area contributed by atoms with Crippen molar-refractivity contribution in [2.45, 2.75) is 32.7 Å². The molecule has 0 spiro atoms. The van der Waals surface area contributed by atoms with Gasteiger partial charge in [0.05, 0.1) is 16.9 Å². The second kappa shape index (κ2) is 7.76. The van der Waals surface area contributed by atoms with Crippen LogP contribution in [0, 0.1) is 0 Å². The third kappa shape index (κ3) is 4.17. The number of carbonyl (C=O) groups excluding carboxylic acids is 2. The average molecular weight is 376 g/mol. The summed E-state index contributed by atoms with van der Waals surface area (Å²) in [5.41, 5.74) is 6.72. The highest BCUT2D eigenvalue weighted by Gasteiger charge is 2.31. The number of hydrogen-bond donors (Lipinski definition) is 2. The molecule has 0 atom stereocenters. The third-order valence-corrected chi connectivity index (χ3v) is 4.56. The lowest BCUT2D eigenvalue weighted by Gasteiger charge is -2.29. The Morgan fingerprint density at radius 3 is 2.39 bits per heavy atom. The van der Waals surface area contributed by atoms with E-state index in [1.165, 1.54) is 6.92 Å². The lowest BCUT2D eigenvalue weighted by Crippen LogP contribution is -2.39. The van der Waals surface area contributed by atoms with E-state index < -0.39 is 0 Å². The minimum Gasteiger partial charge on any atom is -0.354 e. The van der Waals surface area contributed by atoms with E-state index in [1.54, 1.807) is 31.3 Å². The van der Waals surface area contributed by atoms with Gasteiger partial charge in [-0.1, -0.05) is 24.3 Å². The maximum absolute atomic E-state index is 12.6. The molecule has 28 heavy (non-hydrogen) atoms. The monoisotopic (exact) mass is 376 g/mol. The molecule has 0 saturated heterocycles. The first kappa shape index (κ1) is 19.5. The Morgan fingerprint density at radius 1 is 1.07 bits per heavy atom. The van der Waals surface area contributed by atoms with Crippen LogP contribution in [-0.4, -0.2) is 35.7 Å². The predicted octanol–water partition coefficient (Wildman–Crippen LogP) is 3.23. The number of hydrogen-bond acceptors (Lipinski definition) is 5. The van der Waals surface area contributed by atoms with Crippen LogP contribution in [0.25, 0.3) is 0 Å². The van der Waals surface area contributed by atoms with E-state index in [-0.39, 0.29) is 22.9 Å². The molecule has 144 valence electrons. The number of hydrazone groups is 1. The van der Waals surface area contributed by atoms with Crippen molar-refractivity contribution in [3.05, 3.63) is 65.2 Å². The molecule has 0 aromatic heterocycles. The topological polar surface area (TPSA) is 82.9 Å². The number of benzene rings is 2. The van der Waals surface area contributed by atoms with Gasteiger partial charge in [0, 0.05) is 18.2 Å². The quantitative estimate of drug-likeness (QED) is 0.477. The van der Waals surface area contributed by atoms with Gasteiger partial charge in [-0.25, -0.2) is 0 Å². The van der Waals surface area contributed by atoms with E-state index in [1.807, 2.05) is 32.0 Å². The summed E-state index contributed by atoms with van der Waals surface area (Å²) in [6.07, 6.45) is 0.799. The van der Waals surface area contributed by atoms with Crippen LogP contribution in [-0.2, 0) is 11.2 Å². The minimum atomic E-state index is -0.332. The number of amides is 1. The Morgan fingerprint density at radius 2 is 1.75 bits per heavy atom. The summed E-state index contributed by atoms with van der Waals surface area (Å²) in [7, 11) is 1.57. The molecule has 3 rings (SSSR count). The van der Waals surface area contributed by atoms with Gasteiger partial charge in [0.1, 0.15) is 0 Å². The molecule has 2 N–H and O–H groups in total. The van der Waals surface area contributed by atoms with Crippen LogP contribution < -0.4 is 10.7 Å². The zero-order chi connectivity index (χ0) is 20.3. The number of aliphatic imine (C=N–C) groups is 1. The molecule has 0 radical (unpaired) electrons. The van der Waals surface area contributed by atoms with E-state index in [4.69, 9.17) is 4.99 Å². The number of nitrogens with zero attached hydrogens (tertiary/aromatic N) is 2. The smallest absolute Gasteiger partial charge is 0.273 e. The van der Waals surface area contributed by atoms with Crippen molar-refractivity contribution in [3.63, 3.8) is 0 Å². The van der Waals surface area contributed by atoms with Gasteiger partial charge in [-0.3, -0.25) is 20.0 Å². The van der Waals surface area contributed by atoms with Gasteiger partial charge in [-0.2, -0.15) is 5.10 Å². The molecular formula is C22H24N4O2. The van der Waals surface area contributed by atoms with Gasteiger partial charge < -0.3 is 5.32 Å². The van der Waals surface area contributed by atoms with Crippen LogP contribution >= 0.6 is 0 Å². The van der Waals surface area contributed by atoms with Crippen LogP contribution in [0.2, 0.25) is 0 Å². The van der Waals surface area contributed by atoms with E-state index in [9.17, 15) is 9.59 Å². The van der Waals surface area contributed by atoms with Crippen LogP contribution in [0.5, 0.6) is 0 Å². The predicted molar refractivity (Wildman–Crippen MR) is 112 cm³/mol. The molecule has 2 aromatic rings. The van der Waals surface area contributed by atoms with Gasteiger partial charge in [0.25, 0.3) is 5.91 Å². The molecule has 1 aliphatic heterocycles. The first-order valence-corrected chi connectivity index (χ1v) is 9.16. The van der Waals surface area contributed by atoms with E-state index in [2.05, 4.69) is 21.9 Å². The largest absolute Gasteiger partial charge is 0.354 e. The van der Waals surface area contributed by atoms with Gasteiger partial charge in [-0.05, 0) is 57.0 Å². The maximum atomic E-state index is 12.6. The van der Waals surface area contributed by atoms with Gasteiger partial charge in [-0.15, -0.1) is 0 Å². The van der Waals surface area contributed by atoms with Crippen molar-refractivity contribution >= 4 is 28.8 Å². The lowest BCUT2D eigenvalue weighted by atomic mass is 9.85. The molecule has 6 nitrogen and oxygen atoms in total. The molecule has 1 amide bonds. The van der Waals surface area contributed by atoms with Crippen LogP contribution in [0.15, 0.2) is 58.6 Å². The zero-order valence-corrected chi connectivity index (χ0v) is 16.5. The summed E-state index contributed by atoms with van der Waals surface area (Å²) in [4.78, 5) is 28.8.